The minimum Gasteiger partial charge on any atom is -0.444 e. The normalized spacial score (nSPS) is 17.0. The number of hydrogen-bond donors (Lipinski definition) is 1. The summed E-state index contributed by atoms with van der Waals surface area (Å²) in [5, 5.41) is 12.4. The molecule has 38 heavy (non-hydrogen) atoms. The second-order valence-corrected chi connectivity index (χ2v) is 11.6. The van der Waals surface area contributed by atoms with Crippen molar-refractivity contribution < 1.29 is 31.7 Å². The Labute approximate surface area is 223 Å². The van der Waals surface area contributed by atoms with Crippen LogP contribution in [0.25, 0.3) is 11.1 Å². The molecular formula is C27H33N3O7S. The maximum atomic E-state index is 12.9. The molecule has 2 atom stereocenters. The van der Waals surface area contributed by atoms with Gasteiger partial charge in [-0.2, -0.15) is 13.7 Å². The molecule has 204 valence electrons. The first-order valence-electron chi connectivity index (χ1n) is 12.2. The summed E-state index contributed by atoms with van der Waals surface area (Å²) in [6.07, 6.45) is 0.399. The van der Waals surface area contributed by atoms with Gasteiger partial charge in [-0.1, -0.05) is 36.4 Å². The van der Waals surface area contributed by atoms with Crippen molar-refractivity contribution in [2.45, 2.75) is 51.4 Å². The molecule has 1 aliphatic rings. The zero-order chi connectivity index (χ0) is 27.9. The highest BCUT2D eigenvalue weighted by Crippen LogP contribution is 2.25. The highest BCUT2D eigenvalue weighted by molar-refractivity contribution is 7.86. The number of nitrogens with zero attached hydrogens (tertiary/aromatic N) is 2. The highest BCUT2D eigenvalue weighted by Gasteiger charge is 2.31. The number of hydrogen-bond acceptors (Lipinski definition) is 8. The van der Waals surface area contributed by atoms with Gasteiger partial charge in [0.1, 0.15) is 17.4 Å². The summed E-state index contributed by atoms with van der Waals surface area (Å²) < 4.78 is 38.8. The third kappa shape index (κ3) is 9.04. The molecule has 0 radical (unpaired) electrons. The topological polar surface area (TPSA) is 135 Å². The number of rotatable bonds is 7. The van der Waals surface area contributed by atoms with E-state index in [1.807, 2.05) is 30.3 Å². The van der Waals surface area contributed by atoms with Crippen molar-refractivity contribution in [3.63, 3.8) is 0 Å². The van der Waals surface area contributed by atoms with Gasteiger partial charge in [0.25, 0.3) is 5.91 Å². The number of benzene rings is 2. The molecular weight excluding hydrogens is 510 g/mol. The van der Waals surface area contributed by atoms with E-state index in [0.29, 0.717) is 19.6 Å². The molecule has 0 bridgehead atoms. The van der Waals surface area contributed by atoms with Gasteiger partial charge in [-0.25, -0.2) is 4.79 Å². The van der Waals surface area contributed by atoms with Gasteiger partial charge in [-0.3, -0.25) is 4.79 Å². The lowest BCUT2D eigenvalue weighted by atomic mass is 10.0. The zero-order valence-corrected chi connectivity index (χ0v) is 22.8. The molecule has 1 aliphatic heterocycles. The molecule has 10 nitrogen and oxygen atoms in total. The van der Waals surface area contributed by atoms with E-state index in [9.17, 15) is 23.3 Å². The van der Waals surface area contributed by atoms with Crippen LogP contribution in [0.1, 0.15) is 32.8 Å². The lowest BCUT2D eigenvalue weighted by Gasteiger charge is -2.27. The van der Waals surface area contributed by atoms with Crippen LogP contribution in [0.4, 0.5) is 4.79 Å². The van der Waals surface area contributed by atoms with E-state index >= 15 is 0 Å². The second-order valence-electron chi connectivity index (χ2n) is 10.0. The number of amides is 2. The van der Waals surface area contributed by atoms with Crippen LogP contribution in [0.2, 0.25) is 0 Å². The minimum absolute atomic E-state index is 0.0374. The van der Waals surface area contributed by atoms with Crippen molar-refractivity contribution in [3.05, 3.63) is 54.1 Å². The predicted molar refractivity (Wildman–Crippen MR) is 141 cm³/mol. The van der Waals surface area contributed by atoms with Crippen molar-refractivity contribution >= 4 is 22.1 Å². The van der Waals surface area contributed by atoms with Crippen LogP contribution in [0.15, 0.2) is 48.5 Å². The molecule has 0 saturated carbocycles. The Morgan fingerprint density at radius 1 is 1.18 bits per heavy atom. The van der Waals surface area contributed by atoms with Crippen molar-refractivity contribution in [1.82, 2.24) is 10.2 Å². The number of carbonyl (C=O) groups excluding carboxylic acids is 2. The summed E-state index contributed by atoms with van der Waals surface area (Å²) in [7, 11) is -3.63. The van der Waals surface area contributed by atoms with Crippen LogP contribution >= 0.6 is 0 Å². The molecule has 0 unspecified atom stereocenters. The minimum atomic E-state index is -3.63. The molecule has 1 saturated heterocycles. The summed E-state index contributed by atoms with van der Waals surface area (Å²) in [4.78, 5) is 26.9. The lowest BCUT2D eigenvalue weighted by Crippen LogP contribution is -2.48. The molecule has 0 spiro atoms. The highest BCUT2D eigenvalue weighted by atomic mass is 32.2. The van der Waals surface area contributed by atoms with E-state index in [0.717, 1.165) is 22.9 Å². The second kappa shape index (κ2) is 12.3. The molecule has 1 N–H and O–H groups in total. The fourth-order valence-electron chi connectivity index (χ4n) is 3.84. The fourth-order valence-corrected chi connectivity index (χ4v) is 4.29. The zero-order valence-electron chi connectivity index (χ0n) is 22.0. The summed E-state index contributed by atoms with van der Waals surface area (Å²) in [5.74, 6) is -0.251. The smallest absolute Gasteiger partial charge is 0.410 e. The van der Waals surface area contributed by atoms with Gasteiger partial charge in [0, 0.05) is 19.6 Å². The van der Waals surface area contributed by atoms with E-state index < -0.39 is 39.9 Å². The molecule has 2 aromatic rings. The predicted octanol–water partition coefficient (Wildman–Crippen LogP) is 3.27. The van der Waals surface area contributed by atoms with Crippen molar-refractivity contribution in [2.75, 3.05) is 26.0 Å². The van der Waals surface area contributed by atoms with Crippen LogP contribution in [-0.4, -0.2) is 69.0 Å². The first kappa shape index (κ1) is 28.9. The lowest BCUT2D eigenvalue weighted by molar-refractivity contribution is -0.133. The Bertz CT molecular complexity index is 1280. The number of nitriles is 1. The Kier molecular flexibility index (Phi) is 9.36. The molecule has 0 aliphatic carbocycles. The first-order chi connectivity index (χ1) is 17.8. The van der Waals surface area contributed by atoms with Gasteiger partial charge < -0.3 is 23.9 Å². The summed E-state index contributed by atoms with van der Waals surface area (Å²) >= 11 is 0. The van der Waals surface area contributed by atoms with Crippen molar-refractivity contribution in [1.29, 1.82) is 5.26 Å². The van der Waals surface area contributed by atoms with Crippen molar-refractivity contribution in [2.24, 2.45) is 0 Å². The van der Waals surface area contributed by atoms with Crippen LogP contribution < -0.4 is 9.50 Å². The number of ether oxygens (including phenoxy) is 2. The van der Waals surface area contributed by atoms with E-state index in [4.69, 9.17) is 13.7 Å². The van der Waals surface area contributed by atoms with Crippen LogP contribution in [-0.2, 0) is 30.8 Å². The maximum absolute atomic E-state index is 12.9. The number of carbonyl (C=O) groups is 2. The van der Waals surface area contributed by atoms with Gasteiger partial charge in [-0.15, -0.1) is 0 Å². The molecule has 3 rings (SSSR count). The Hall–Kier alpha value is -3.62. The third-order valence-corrected chi connectivity index (χ3v) is 6.00. The quantitative estimate of drug-likeness (QED) is 0.526. The largest absolute Gasteiger partial charge is 0.444 e. The maximum Gasteiger partial charge on any atom is 0.410 e. The van der Waals surface area contributed by atoms with Gasteiger partial charge >= 0.3 is 16.2 Å². The standard InChI is InChI=1S/C27H33N3O7S/c1-27(2,3)36-26(32)30-13-6-14-35-24(18-30)25(31)29-22(17-28)15-19-9-11-20(12-10-19)21-7-5-8-23(16-21)37-38(4,33)34/h5,7-12,16,22,24H,6,13-15,18H2,1-4H3,(H,29,31)/t22-,24-/m0/s1. The summed E-state index contributed by atoms with van der Waals surface area (Å²) in [6.45, 7) is 6.09. The number of nitrogens with one attached hydrogen (secondary N) is 1. The average molecular weight is 544 g/mol. The molecule has 0 aromatic heterocycles. The monoisotopic (exact) mass is 543 g/mol. The Balaban J connectivity index is 1.62. The van der Waals surface area contributed by atoms with Crippen LogP contribution in [0.5, 0.6) is 5.75 Å². The van der Waals surface area contributed by atoms with Gasteiger partial charge in [0.05, 0.1) is 18.9 Å². The van der Waals surface area contributed by atoms with Crippen molar-refractivity contribution in [3.8, 4) is 22.9 Å². The molecule has 2 amide bonds. The van der Waals surface area contributed by atoms with Crippen LogP contribution in [0.3, 0.4) is 0 Å². The first-order valence-corrected chi connectivity index (χ1v) is 14.0. The molecule has 2 aromatic carbocycles. The van der Waals surface area contributed by atoms with E-state index in [1.54, 1.807) is 39.0 Å². The summed E-state index contributed by atoms with van der Waals surface area (Å²) in [5.41, 5.74) is 1.76. The van der Waals surface area contributed by atoms with Gasteiger partial charge in [0.2, 0.25) is 0 Å². The van der Waals surface area contributed by atoms with Gasteiger partial charge in [0.15, 0.2) is 6.10 Å². The Morgan fingerprint density at radius 3 is 2.53 bits per heavy atom. The van der Waals surface area contributed by atoms with E-state index in [-0.39, 0.29) is 18.7 Å². The van der Waals surface area contributed by atoms with Crippen LogP contribution in [0, 0.1) is 11.3 Å². The van der Waals surface area contributed by atoms with E-state index in [1.165, 1.54) is 4.90 Å². The Morgan fingerprint density at radius 2 is 1.89 bits per heavy atom. The fraction of sp³-hybridized carbons (Fsp3) is 0.444. The molecule has 1 heterocycles. The van der Waals surface area contributed by atoms with Gasteiger partial charge in [-0.05, 0) is 56.0 Å². The summed E-state index contributed by atoms with van der Waals surface area (Å²) in [6, 6.07) is 15.4. The third-order valence-electron chi connectivity index (χ3n) is 5.50. The average Bonchev–Trinajstić information content (AvgIpc) is 3.09. The SMILES string of the molecule is CC(C)(C)OC(=O)N1CCCO[C@H](C(=O)N[C@H](C#N)Cc2ccc(-c3cccc(OS(C)(=O)=O)c3)cc2)C1. The molecule has 11 heteroatoms. The molecule has 1 fully saturated rings. The van der Waals surface area contributed by atoms with E-state index in [2.05, 4.69) is 11.4 Å².